The Kier molecular flexibility index (Phi) is 9.68. The van der Waals surface area contributed by atoms with Crippen LogP contribution >= 0.6 is 11.6 Å². The van der Waals surface area contributed by atoms with E-state index in [1.54, 1.807) is 30.0 Å². The second-order valence-electron chi connectivity index (χ2n) is 7.34. The van der Waals surface area contributed by atoms with Crippen molar-refractivity contribution in [3.05, 3.63) is 64.7 Å². The fourth-order valence-corrected chi connectivity index (χ4v) is 3.16. The number of unbranched alkanes of at least 4 members (excludes halogenated alkanes) is 1. The second kappa shape index (κ2) is 12.2. The van der Waals surface area contributed by atoms with E-state index in [2.05, 4.69) is 12.2 Å². The number of nitrogens with one attached hydrogen (secondary N) is 1. The topological polar surface area (TPSA) is 58.6 Å². The molecule has 0 spiro atoms. The van der Waals surface area contributed by atoms with Crippen molar-refractivity contribution in [1.82, 2.24) is 10.2 Å². The first kappa shape index (κ1) is 23.7. The molecule has 0 saturated heterocycles. The van der Waals surface area contributed by atoms with Crippen molar-refractivity contribution in [3.8, 4) is 5.75 Å². The van der Waals surface area contributed by atoms with E-state index in [1.807, 2.05) is 37.3 Å². The van der Waals surface area contributed by atoms with E-state index in [0.29, 0.717) is 30.3 Å². The van der Waals surface area contributed by atoms with Crippen LogP contribution in [0.25, 0.3) is 0 Å². The smallest absolute Gasteiger partial charge is 0.261 e. The molecule has 0 aliphatic heterocycles. The Morgan fingerprint density at radius 2 is 1.90 bits per heavy atom. The minimum atomic E-state index is -0.575. The number of halogens is 1. The normalized spacial score (nSPS) is 11.6. The van der Waals surface area contributed by atoms with Crippen molar-refractivity contribution in [1.29, 1.82) is 0 Å². The van der Waals surface area contributed by atoms with Crippen LogP contribution in [-0.4, -0.2) is 42.5 Å². The summed E-state index contributed by atoms with van der Waals surface area (Å²) in [6.07, 6.45) is 2.58. The van der Waals surface area contributed by atoms with Crippen LogP contribution in [0.15, 0.2) is 48.5 Å². The molecule has 0 fully saturated rings. The van der Waals surface area contributed by atoms with Gasteiger partial charge in [-0.1, -0.05) is 55.3 Å². The first-order valence-electron chi connectivity index (χ1n) is 10.4. The molecule has 2 rings (SSSR count). The summed E-state index contributed by atoms with van der Waals surface area (Å²) in [6, 6.07) is 14.6. The summed E-state index contributed by atoms with van der Waals surface area (Å²) in [5.74, 6) is 0.206. The number of hydrogen-bond donors (Lipinski definition) is 1. The SMILES string of the molecule is CCCCNC(=O)C(C)N(CCc1ccccc1)C(=O)COc1ccc(Cl)c(C)c1. The van der Waals surface area contributed by atoms with Crippen LogP contribution in [0.5, 0.6) is 5.75 Å². The molecule has 0 heterocycles. The number of nitrogens with zero attached hydrogens (tertiary/aromatic N) is 1. The van der Waals surface area contributed by atoms with E-state index >= 15 is 0 Å². The van der Waals surface area contributed by atoms with Crippen LogP contribution in [0.3, 0.4) is 0 Å². The van der Waals surface area contributed by atoms with Crippen molar-refractivity contribution in [3.63, 3.8) is 0 Å². The van der Waals surface area contributed by atoms with E-state index < -0.39 is 6.04 Å². The van der Waals surface area contributed by atoms with Crippen molar-refractivity contribution >= 4 is 23.4 Å². The lowest BCUT2D eigenvalue weighted by Gasteiger charge is -2.28. The monoisotopic (exact) mass is 430 g/mol. The lowest BCUT2D eigenvalue weighted by Crippen LogP contribution is -2.50. The maximum Gasteiger partial charge on any atom is 0.261 e. The zero-order valence-electron chi connectivity index (χ0n) is 18.0. The summed E-state index contributed by atoms with van der Waals surface area (Å²) in [5.41, 5.74) is 1.99. The number of hydrogen-bond acceptors (Lipinski definition) is 3. The van der Waals surface area contributed by atoms with Gasteiger partial charge in [-0.3, -0.25) is 9.59 Å². The standard InChI is InChI=1S/C24H31ClN2O3/c1-4-5-14-26-24(29)19(3)27(15-13-20-9-7-6-8-10-20)23(28)17-30-21-11-12-22(25)18(2)16-21/h6-12,16,19H,4-5,13-15,17H2,1-3H3,(H,26,29). The third-order valence-electron chi connectivity index (χ3n) is 4.97. The highest BCUT2D eigenvalue weighted by Gasteiger charge is 2.26. The highest BCUT2D eigenvalue weighted by atomic mass is 35.5. The maximum absolute atomic E-state index is 13.0. The molecule has 1 unspecified atom stereocenters. The van der Waals surface area contributed by atoms with E-state index in [-0.39, 0.29) is 18.4 Å². The molecule has 0 aliphatic rings. The zero-order chi connectivity index (χ0) is 21.9. The Bertz CT molecular complexity index is 826. The Labute approximate surface area is 184 Å². The highest BCUT2D eigenvalue weighted by Crippen LogP contribution is 2.21. The van der Waals surface area contributed by atoms with Crippen LogP contribution in [0.4, 0.5) is 0 Å². The Balaban J connectivity index is 2.04. The van der Waals surface area contributed by atoms with Gasteiger partial charge in [0.25, 0.3) is 5.91 Å². The molecular formula is C24H31ClN2O3. The van der Waals surface area contributed by atoms with E-state index in [9.17, 15) is 9.59 Å². The van der Waals surface area contributed by atoms with Crippen LogP contribution in [0.1, 0.15) is 37.8 Å². The minimum Gasteiger partial charge on any atom is -0.484 e. The molecule has 162 valence electrons. The summed E-state index contributed by atoms with van der Waals surface area (Å²) in [4.78, 5) is 27.1. The van der Waals surface area contributed by atoms with Gasteiger partial charge in [0, 0.05) is 18.1 Å². The predicted molar refractivity (Wildman–Crippen MR) is 121 cm³/mol. The quantitative estimate of drug-likeness (QED) is 0.537. The lowest BCUT2D eigenvalue weighted by atomic mass is 10.1. The van der Waals surface area contributed by atoms with Gasteiger partial charge >= 0.3 is 0 Å². The zero-order valence-corrected chi connectivity index (χ0v) is 18.7. The van der Waals surface area contributed by atoms with Gasteiger partial charge in [-0.05, 0) is 56.0 Å². The fraction of sp³-hybridized carbons (Fsp3) is 0.417. The fourth-order valence-electron chi connectivity index (χ4n) is 3.04. The number of carbonyl (C=O) groups excluding carboxylic acids is 2. The van der Waals surface area contributed by atoms with Gasteiger partial charge in [-0.25, -0.2) is 0 Å². The Morgan fingerprint density at radius 1 is 1.17 bits per heavy atom. The first-order chi connectivity index (χ1) is 14.4. The molecule has 0 aliphatic carbocycles. The van der Waals surface area contributed by atoms with Crippen LogP contribution < -0.4 is 10.1 Å². The number of amides is 2. The molecule has 0 radical (unpaired) electrons. The molecule has 5 nitrogen and oxygen atoms in total. The van der Waals surface area contributed by atoms with Gasteiger partial charge in [0.1, 0.15) is 11.8 Å². The number of benzene rings is 2. The molecule has 0 aromatic heterocycles. The minimum absolute atomic E-state index is 0.136. The summed E-state index contributed by atoms with van der Waals surface area (Å²) < 4.78 is 5.68. The molecule has 2 aromatic carbocycles. The number of rotatable bonds is 11. The van der Waals surface area contributed by atoms with Crippen molar-refractivity contribution in [2.24, 2.45) is 0 Å². The molecule has 2 aromatic rings. The molecule has 0 saturated carbocycles. The van der Waals surface area contributed by atoms with Crippen LogP contribution in [0, 0.1) is 6.92 Å². The molecule has 1 atom stereocenters. The van der Waals surface area contributed by atoms with Gasteiger partial charge in [-0.15, -0.1) is 0 Å². The largest absolute Gasteiger partial charge is 0.484 e. The van der Waals surface area contributed by atoms with E-state index in [1.165, 1.54) is 0 Å². The molecular weight excluding hydrogens is 400 g/mol. The van der Waals surface area contributed by atoms with Gasteiger partial charge in [0.2, 0.25) is 5.91 Å². The third-order valence-corrected chi connectivity index (χ3v) is 5.40. The Morgan fingerprint density at radius 3 is 2.57 bits per heavy atom. The molecule has 0 bridgehead atoms. The first-order valence-corrected chi connectivity index (χ1v) is 10.8. The Hall–Kier alpha value is -2.53. The lowest BCUT2D eigenvalue weighted by molar-refractivity contribution is -0.141. The molecule has 2 amide bonds. The average molecular weight is 431 g/mol. The van der Waals surface area contributed by atoms with Crippen molar-refractivity contribution in [2.75, 3.05) is 19.7 Å². The van der Waals surface area contributed by atoms with Crippen molar-refractivity contribution < 1.29 is 14.3 Å². The third kappa shape index (κ3) is 7.38. The van der Waals surface area contributed by atoms with E-state index in [0.717, 1.165) is 24.0 Å². The second-order valence-corrected chi connectivity index (χ2v) is 7.75. The van der Waals surface area contributed by atoms with Gasteiger partial charge in [0.15, 0.2) is 6.61 Å². The number of ether oxygens (including phenoxy) is 1. The van der Waals surface area contributed by atoms with Gasteiger partial charge in [-0.2, -0.15) is 0 Å². The number of aryl methyl sites for hydroxylation is 1. The molecule has 6 heteroatoms. The van der Waals surface area contributed by atoms with Crippen LogP contribution in [0.2, 0.25) is 5.02 Å². The van der Waals surface area contributed by atoms with E-state index in [4.69, 9.17) is 16.3 Å². The average Bonchev–Trinajstić information content (AvgIpc) is 2.75. The van der Waals surface area contributed by atoms with Crippen LogP contribution in [-0.2, 0) is 16.0 Å². The highest BCUT2D eigenvalue weighted by molar-refractivity contribution is 6.31. The molecule has 1 N–H and O–H groups in total. The predicted octanol–water partition coefficient (Wildman–Crippen LogP) is 4.40. The number of carbonyl (C=O) groups is 2. The summed E-state index contributed by atoms with van der Waals surface area (Å²) in [5, 5.41) is 3.56. The maximum atomic E-state index is 13.0. The summed E-state index contributed by atoms with van der Waals surface area (Å²) in [7, 11) is 0. The summed E-state index contributed by atoms with van der Waals surface area (Å²) >= 11 is 6.05. The van der Waals surface area contributed by atoms with Crippen molar-refractivity contribution in [2.45, 2.75) is 46.1 Å². The summed E-state index contributed by atoms with van der Waals surface area (Å²) in [6.45, 7) is 6.63. The molecule has 30 heavy (non-hydrogen) atoms. The van der Waals surface area contributed by atoms with Gasteiger partial charge < -0.3 is 15.0 Å². The van der Waals surface area contributed by atoms with Gasteiger partial charge in [0.05, 0.1) is 0 Å².